The second-order valence-corrected chi connectivity index (χ2v) is 8.13. The third-order valence-corrected chi connectivity index (χ3v) is 5.71. The van der Waals surface area contributed by atoms with E-state index >= 15 is 0 Å². The number of rotatable bonds is 5. The van der Waals surface area contributed by atoms with Crippen LogP contribution in [0.1, 0.15) is 29.5 Å². The van der Waals surface area contributed by atoms with Crippen molar-refractivity contribution in [3.05, 3.63) is 70.2 Å². The summed E-state index contributed by atoms with van der Waals surface area (Å²) in [6.45, 7) is 3.05. The lowest BCUT2D eigenvalue weighted by Gasteiger charge is -2.23. The Morgan fingerprint density at radius 2 is 1.97 bits per heavy atom. The summed E-state index contributed by atoms with van der Waals surface area (Å²) in [4.78, 5) is 14.9. The van der Waals surface area contributed by atoms with E-state index in [0.29, 0.717) is 23.8 Å². The topological polar surface area (TPSA) is 63.4 Å². The molecular formula is C22H20ClN5O. The SMILES string of the molecule is Cc1cccc2cc(CN(Cc3ccc(Cl)cc3)C(=O)C3CC3)c3nnnn3c12. The Hall–Kier alpha value is -2.99. The molecule has 2 heterocycles. The van der Waals surface area contributed by atoms with Gasteiger partial charge in [-0.05, 0) is 59.5 Å². The molecule has 0 saturated heterocycles. The van der Waals surface area contributed by atoms with Crippen LogP contribution < -0.4 is 0 Å². The van der Waals surface area contributed by atoms with Gasteiger partial charge in [0.2, 0.25) is 5.91 Å². The van der Waals surface area contributed by atoms with Gasteiger partial charge in [0.1, 0.15) is 0 Å². The molecule has 0 radical (unpaired) electrons. The fraction of sp³-hybridized carbons (Fsp3) is 0.273. The van der Waals surface area contributed by atoms with Gasteiger partial charge in [0.25, 0.3) is 0 Å². The van der Waals surface area contributed by atoms with Gasteiger partial charge in [0, 0.05) is 35.0 Å². The molecule has 0 aliphatic heterocycles. The molecule has 1 aliphatic rings. The standard InChI is InChI=1S/C22H20ClN5O/c1-14-3-2-4-17-11-18(21-24-25-26-28(21)20(14)17)13-27(22(29)16-7-8-16)12-15-5-9-19(23)10-6-15/h2-6,9-11,16H,7-8,12-13H2,1H3. The van der Waals surface area contributed by atoms with E-state index in [1.807, 2.05) is 48.2 Å². The van der Waals surface area contributed by atoms with E-state index in [9.17, 15) is 4.79 Å². The third kappa shape index (κ3) is 3.44. The van der Waals surface area contributed by atoms with Crippen molar-refractivity contribution in [2.24, 2.45) is 5.92 Å². The average Bonchev–Trinajstić information content (AvgIpc) is 3.45. The minimum absolute atomic E-state index is 0.136. The van der Waals surface area contributed by atoms with Crippen LogP contribution in [0.2, 0.25) is 5.02 Å². The Balaban J connectivity index is 1.55. The number of nitrogens with zero attached hydrogens (tertiary/aromatic N) is 5. The number of benzene rings is 2. The largest absolute Gasteiger partial charge is 0.334 e. The van der Waals surface area contributed by atoms with Crippen molar-refractivity contribution >= 4 is 34.1 Å². The molecule has 6 nitrogen and oxygen atoms in total. The molecule has 1 fully saturated rings. The minimum Gasteiger partial charge on any atom is -0.334 e. The van der Waals surface area contributed by atoms with E-state index in [2.05, 4.69) is 27.7 Å². The van der Waals surface area contributed by atoms with Crippen molar-refractivity contribution in [1.82, 2.24) is 24.9 Å². The van der Waals surface area contributed by atoms with Crippen LogP contribution >= 0.6 is 11.6 Å². The lowest BCUT2D eigenvalue weighted by atomic mass is 10.1. The van der Waals surface area contributed by atoms with Crippen LogP contribution in [0.3, 0.4) is 0 Å². The van der Waals surface area contributed by atoms with Crippen LogP contribution in [0.5, 0.6) is 0 Å². The van der Waals surface area contributed by atoms with Crippen LogP contribution in [-0.2, 0) is 17.9 Å². The molecule has 1 amide bonds. The fourth-order valence-electron chi connectivity index (χ4n) is 3.81. The molecule has 2 aromatic carbocycles. The summed E-state index contributed by atoms with van der Waals surface area (Å²) in [5.74, 6) is 0.326. The highest BCUT2D eigenvalue weighted by molar-refractivity contribution is 6.30. The Morgan fingerprint density at radius 3 is 2.72 bits per heavy atom. The summed E-state index contributed by atoms with van der Waals surface area (Å²) in [6, 6.07) is 15.9. The van der Waals surface area contributed by atoms with Gasteiger partial charge in [-0.3, -0.25) is 4.79 Å². The molecule has 1 aliphatic carbocycles. The summed E-state index contributed by atoms with van der Waals surface area (Å²) in [6.07, 6.45) is 1.93. The second-order valence-electron chi connectivity index (χ2n) is 7.69. The fourth-order valence-corrected chi connectivity index (χ4v) is 3.94. The summed E-state index contributed by atoms with van der Waals surface area (Å²) in [5.41, 5.74) is 4.79. The quantitative estimate of drug-likeness (QED) is 0.499. The van der Waals surface area contributed by atoms with Crippen LogP contribution in [-0.4, -0.2) is 30.8 Å². The number of carbonyl (C=O) groups excluding carboxylic acids is 1. The number of hydrogen-bond donors (Lipinski definition) is 0. The van der Waals surface area contributed by atoms with Gasteiger partial charge in [0.15, 0.2) is 5.65 Å². The summed E-state index contributed by atoms with van der Waals surface area (Å²) < 4.78 is 1.78. The number of aryl methyl sites for hydroxylation is 1. The minimum atomic E-state index is 0.136. The predicted octanol–water partition coefficient (Wildman–Crippen LogP) is 4.18. The normalized spacial score (nSPS) is 13.9. The van der Waals surface area contributed by atoms with Crippen LogP contribution in [0, 0.1) is 12.8 Å². The van der Waals surface area contributed by atoms with E-state index in [-0.39, 0.29) is 11.8 Å². The van der Waals surface area contributed by atoms with Gasteiger partial charge in [-0.2, -0.15) is 4.52 Å². The molecule has 0 spiro atoms. The first-order valence-corrected chi connectivity index (χ1v) is 10.1. The molecule has 4 aromatic rings. The molecular weight excluding hydrogens is 386 g/mol. The average molecular weight is 406 g/mol. The first-order chi connectivity index (χ1) is 14.1. The van der Waals surface area contributed by atoms with Crippen molar-refractivity contribution in [2.45, 2.75) is 32.9 Å². The van der Waals surface area contributed by atoms with Gasteiger partial charge in [0.05, 0.1) is 5.52 Å². The van der Waals surface area contributed by atoms with E-state index in [0.717, 1.165) is 40.4 Å². The number of pyridine rings is 1. The van der Waals surface area contributed by atoms with Crippen LogP contribution in [0.4, 0.5) is 0 Å². The molecule has 1 saturated carbocycles. The van der Waals surface area contributed by atoms with Crippen molar-refractivity contribution in [3.63, 3.8) is 0 Å². The first-order valence-electron chi connectivity index (χ1n) is 9.73. The molecule has 2 aromatic heterocycles. The highest BCUT2D eigenvalue weighted by Crippen LogP contribution is 2.33. The highest BCUT2D eigenvalue weighted by Gasteiger charge is 2.33. The predicted molar refractivity (Wildman–Crippen MR) is 111 cm³/mol. The molecule has 0 bridgehead atoms. The summed E-state index contributed by atoms with van der Waals surface area (Å²) in [7, 11) is 0. The van der Waals surface area contributed by atoms with Gasteiger partial charge in [-0.25, -0.2) is 0 Å². The number of aromatic nitrogens is 4. The van der Waals surface area contributed by atoms with Crippen molar-refractivity contribution in [2.75, 3.05) is 0 Å². The molecule has 7 heteroatoms. The van der Waals surface area contributed by atoms with Gasteiger partial charge in [-0.1, -0.05) is 41.9 Å². The Bertz CT molecular complexity index is 1210. The third-order valence-electron chi connectivity index (χ3n) is 5.45. The number of tetrazole rings is 1. The van der Waals surface area contributed by atoms with Crippen LogP contribution in [0.15, 0.2) is 48.5 Å². The second kappa shape index (κ2) is 7.12. The molecule has 29 heavy (non-hydrogen) atoms. The number of para-hydroxylation sites is 1. The van der Waals surface area contributed by atoms with Gasteiger partial charge < -0.3 is 4.90 Å². The summed E-state index contributed by atoms with van der Waals surface area (Å²) in [5, 5.41) is 14.1. The van der Waals surface area contributed by atoms with Gasteiger partial charge in [-0.15, -0.1) is 5.10 Å². The van der Waals surface area contributed by atoms with E-state index in [1.54, 1.807) is 4.52 Å². The maximum Gasteiger partial charge on any atom is 0.226 e. The monoisotopic (exact) mass is 405 g/mol. The Morgan fingerprint density at radius 1 is 1.17 bits per heavy atom. The van der Waals surface area contributed by atoms with Crippen LogP contribution in [0.25, 0.3) is 16.6 Å². The molecule has 0 atom stereocenters. The van der Waals surface area contributed by atoms with Crippen molar-refractivity contribution < 1.29 is 4.79 Å². The number of halogens is 1. The zero-order chi connectivity index (χ0) is 20.0. The lowest BCUT2D eigenvalue weighted by molar-refractivity contribution is -0.133. The van der Waals surface area contributed by atoms with E-state index in [4.69, 9.17) is 11.6 Å². The molecule has 5 rings (SSSR count). The highest BCUT2D eigenvalue weighted by atomic mass is 35.5. The number of amides is 1. The zero-order valence-electron chi connectivity index (χ0n) is 16.0. The van der Waals surface area contributed by atoms with Gasteiger partial charge >= 0.3 is 0 Å². The molecule has 0 unspecified atom stereocenters. The maximum absolute atomic E-state index is 13.0. The van der Waals surface area contributed by atoms with Crippen molar-refractivity contribution in [3.8, 4) is 0 Å². The number of carbonyl (C=O) groups is 1. The summed E-state index contributed by atoms with van der Waals surface area (Å²) >= 11 is 6.02. The zero-order valence-corrected chi connectivity index (χ0v) is 16.8. The van der Waals surface area contributed by atoms with E-state index < -0.39 is 0 Å². The first kappa shape index (κ1) is 18.1. The Labute approximate surface area is 173 Å². The lowest BCUT2D eigenvalue weighted by Crippen LogP contribution is -2.31. The smallest absolute Gasteiger partial charge is 0.226 e. The van der Waals surface area contributed by atoms with Crippen molar-refractivity contribution in [1.29, 1.82) is 0 Å². The maximum atomic E-state index is 13.0. The van der Waals surface area contributed by atoms with E-state index in [1.165, 1.54) is 0 Å². The number of fused-ring (bicyclic) bond motifs is 3. The molecule has 0 N–H and O–H groups in total. The molecule has 146 valence electrons. The Kier molecular flexibility index (Phi) is 4.43. The number of hydrogen-bond acceptors (Lipinski definition) is 4.